The molecular formula is C34H66O2. The average Bonchev–Trinajstić information content (AvgIpc) is 2.88. The standard InChI is InChI=1S/C34H66O2/c1-3-5-7-9-11-13-15-16-17-18-20-22-24-26-28-30-34(36)33(31-32-35)29-27-25-23-21-19-14-12-10-8-6-4-2/h32-33H,3-31H2,1-2H3. The first kappa shape index (κ1) is 35.3. The van der Waals surface area contributed by atoms with Gasteiger partial charge < -0.3 is 4.79 Å². The maximum Gasteiger partial charge on any atom is 0.136 e. The zero-order valence-corrected chi connectivity index (χ0v) is 25.0. The van der Waals surface area contributed by atoms with Gasteiger partial charge in [0.1, 0.15) is 12.1 Å². The number of hydrogen-bond acceptors (Lipinski definition) is 2. The Morgan fingerprint density at radius 1 is 0.472 bits per heavy atom. The van der Waals surface area contributed by atoms with Crippen molar-refractivity contribution in [1.82, 2.24) is 0 Å². The average molecular weight is 507 g/mol. The Kier molecular flexibility index (Phi) is 30.0. The van der Waals surface area contributed by atoms with Crippen LogP contribution in [0.1, 0.15) is 200 Å². The lowest BCUT2D eigenvalue weighted by Crippen LogP contribution is -2.15. The molecule has 0 aromatic carbocycles. The summed E-state index contributed by atoms with van der Waals surface area (Å²) >= 11 is 0. The van der Waals surface area contributed by atoms with Crippen molar-refractivity contribution in [2.75, 3.05) is 0 Å². The van der Waals surface area contributed by atoms with Crippen LogP contribution in [0, 0.1) is 5.92 Å². The highest BCUT2D eigenvalue weighted by atomic mass is 16.1. The quantitative estimate of drug-likeness (QED) is 0.0692. The lowest BCUT2D eigenvalue weighted by molar-refractivity contribution is -0.125. The van der Waals surface area contributed by atoms with Crippen molar-refractivity contribution in [1.29, 1.82) is 0 Å². The number of Topliss-reactive ketones (excluding diaryl/α,β-unsaturated/α-hetero) is 1. The minimum atomic E-state index is -0.00675. The highest BCUT2D eigenvalue weighted by Gasteiger charge is 2.17. The van der Waals surface area contributed by atoms with Gasteiger partial charge in [-0.3, -0.25) is 4.79 Å². The summed E-state index contributed by atoms with van der Waals surface area (Å²) < 4.78 is 0. The molecule has 2 heteroatoms. The zero-order chi connectivity index (χ0) is 26.4. The Hall–Kier alpha value is -0.660. The number of carbonyl (C=O) groups excluding carboxylic acids is 2. The minimum Gasteiger partial charge on any atom is -0.303 e. The van der Waals surface area contributed by atoms with E-state index in [0.717, 1.165) is 25.5 Å². The van der Waals surface area contributed by atoms with E-state index in [1.807, 2.05) is 0 Å². The van der Waals surface area contributed by atoms with Gasteiger partial charge in [-0.05, 0) is 12.8 Å². The highest BCUT2D eigenvalue weighted by Crippen LogP contribution is 2.20. The van der Waals surface area contributed by atoms with Crippen molar-refractivity contribution < 1.29 is 9.59 Å². The highest BCUT2D eigenvalue weighted by molar-refractivity contribution is 5.82. The number of rotatable bonds is 31. The van der Waals surface area contributed by atoms with Gasteiger partial charge in [-0.1, -0.05) is 174 Å². The van der Waals surface area contributed by atoms with Gasteiger partial charge in [-0.15, -0.1) is 0 Å². The molecule has 0 saturated carbocycles. The van der Waals surface area contributed by atoms with Crippen LogP contribution in [0.15, 0.2) is 0 Å². The predicted molar refractivity (Wildman–Crippen MR) is 160 cm³/mol. The smallest absolute Gasteiger partial charge is 0.136 e. The van der Waals surface area contributed by atoms with E-state index in [1.54, 1.807) is 0 Å². The molecule has 1 atom stereocenters. The van der Waals surface area contributed by atoms with Gasteiger partial charge in [0.05, 0.1) is 0 Å². The molecule has 2 nitrogen and oxygen atoms in total. The molecule has 0 N–H and O–H groups in total. The molecule has 0 aliphatic rings. The molecule has 0 aliphatic carbocycles. The minimum absolute atomic E-state index is 0.00675. The van der Waals surface area contributed by atoms with Crippen molar-refractivity contribution in [3.63, 3.8) is 0 Å². The van der Waals surface area contributed by atoms with E-state index in [-0.39, 0.29) is 5.92 Å². The van der Waals surface area contributed by atoms with Crippen molar-refractivity contribution >= 4 is 12.1 Å². The van der Waals surface area contributed by atoms with Gasteiger partial charge in [0, 0.05) is 18.8 Å². The second-order valence-corrected chi connectivity index (χ2v) is 11.6. The topological polar surface area (TPSA) is 34.1 Å². The first-order valence-electron chi connectivity index (χ1n) is 16.7. The Bertz CT molecular complexity index is 444. The maximum absolute atomic E-state index is 12.6. The first-order valence-corrected chi connectivity index (χ1v) is 16.7. The van der Waals surface area contributed by atoms with Crippen LogP contribution >= 0.6 is 0 Å². The molecular weight excluding hydrogens is 440 g/mol. The van der Waals surface area contributed by atoms with Crippen LogP contribution < -0.4 is 0 Å². The third kappa shape index (κ3) is 26.4. The van der Waals surface area contributed by atoms with Gasteiger partial charge in [0.2, 0.25) is 0 Å². The van der Waals surface area contributed by atoms with E-state index in [0.29, 0.717) is 18.6 Å². The summed E-state index contributed by atoms with van der Waals surface area (Å²) in [5.74, 6) is 0.344. The Labute approximate surface area is 227 Å². The monoisotopic (exact) mass is 507 g/mol. The van der Waals surface area contributed by atoms with Crippen LogP contribution in [0.4, 0.5) is 0 Å². The number of carbonyl (C=O) groups is 2. The number of ketones is 1. The van der Waals surface area contributed by atoms with Crippen molar-refractivity contribution in [3.8, 4) is 0 Å². The second kappa shape index (κ2) is 30.6. The number of hydrogen-bond donors (Lipinski definition) is 0. The van der Waals surface area contributed by atoms with Gasteiger partial charge in [0.15, 0.2) is 0 Å². The van der Waals surface area contributed by atoms with Gasteiger partial charge in [0.25, 0.3) is 0 Å². The van der Waals surface area contributed by atoms with Crippen LogP contribution in [0.5, 0.6) is 0 Å². The van der Waals surface area contributed by atoms with Crippen molar-refractivity contribution in [2.45, 2.75) is 200 Å². The van der Waals surface area contributed by atoms with Gasteiger partial charge in [-0.25, -0.2) is 0 Å². The fourth-order valence-electron chi connectivity index (χ4n) is 5.46. The summed E-state index contributed by atoms with van der Waals surface area (Å²) in [5.41, 5.74) is 0. The van der Waals surface area contributed by atoms with E-state index in [1.165, 1.54) is 154 Å². The molecule has 0 aromatic rings. The molecule has 0 radical (unpaired) electrons. The van der Waals surface area contributed by atoms with Gasteiger partial charge >= 0.3 is 0 Å². The zero-order valence-electron chi connectivity index (χ0n) is 25.0. The molecule has 0 heterocycles. The number of unbranched alkanes of at least 4 members (excludes halogenated alkanes) is 24. The molecule has 0 bridgehead atoms. The Morgan fingerprint density at radius 3 is 1.11 bits per heavy atom. The summed E-state index contributed by atoms with van der Waals surface area (Å²) in [6.45, 7) is 4.56. The fraction of sp³-hybridized carbons (Fsp3) is 0.941. The van der Waals surface area contributed by atoms with E-state index < -0.39 is 0 Å². The first-order chi connectivity index (χ1) is 17.8. The molecule has 0 amide bonds. The van der Waals surface area contributed by atoms with Crippen molar-refractivity contribution in [2.24, 2.45) is 5.92 Å². The molecule has 0 spiro atoms. The van der Waals surface area contributed by atoms with Gasteiger partial charge in [-0.2, -0.15) is 0 Å². The van der Waals surface area contributed by atoms with E-state index in [9.17, 15) is 9.59 Å². The van der Waals surface area contributed by atoms with E-state index >= 15 is 0 Å². The second-order valence-electron chi connectivity index (χ2n) is 11.6. The van der Waals surface area contributed by atoms with E-state index in [2.05, 4.69) is 13.8 Å². The van der Waals surface area contributed by atoms with Crippen molar-refractivity contribution in [3.05, 3.63) is 0 Å². The van der Waals surface area contributed by atoms with Crippen LogP contribution in [0.3, 0.4) is 0 Å². The maximum atomic E-state index is 12.6. The summed E-state index contributed by atoms with van der Waals surface area (Å²) in [6.07, 6.45) is 37.9. The fourth-order valence-corrected chi connectivity index (χ4v) is 5.46. The van der Waals surface area contributed by atoms with Crippen LogP contribution in [0.2, 0.25) is 0 Å². The van der Waals surface area contributed by atoms with Crippen LogP contribution in [0.25, 0.3) is 0 Å². The van der Waals surface area contributed by atoms with Crippen LogP contribution in [-0.4, -0.2) is 12.1 Å². The van der Waals surface area contributed by atoms with E-state index in [4.69, 9.17) is 0 Å². The number of aldehydes is 1. The molecule has 0 fully saturated rings. The predicted octanol–water partition coefficient (Wildman–Crippen LogP) is 11.7. The summed E-state index contributed by atoms with van der Waals surface area (Å²) in [5, 5.41) is 0. The molecule has 0 saturated heterocycles. The normalized spacial score (nSPS) is 12.2. The summed E-state index contributed by atoms with van der Waals surface area (Å²) in [7, 11) is 0. The summed E-state index contributed by atoms with van der Waals surface area (Å²) in [6, 6.07) is 0. The summed E-state index contributed by atoms with van der Waals surface area (Å²) in [4.78, 5) is 23.7. The molecule has 0 aromatic heterocycles. The third-order valence-corrected chi connectivity index (χ3v) is 8.02. The third-order valence-electron chi connectivity index (χ3n) is 8.02. The molecule has 1 unspecified atom stereocenters. The lowest BCUT2D eigenvalue weighted by atomic mass is 9.90. The Balaban J connectivity index is 3.53. The lowest BCUT2D eigenvalue weighted by Gasteiger charge is -2.13. The largest absolute Gasteiger partial charge is 0.303 e. The molecule has 0 aliphatic heterocycles. The molecule has 214 valence electrons. The van der Waals surface area contributed by atoms with Crippen LogP contribution in [-0.2, 0) is 9.59 Å². The Morgan fingerprint density at radius 2 is 0.778 bits per heavy atom. The molecule has 0 rings (SSSR count). The molecule has 36 heavy (non-hydrogen) atoms. The SMILES string of the molecule is CCCCCCCCCCCCCCCCCC(=O)C(CC=O)CCCCCCCCCCCCC.